The smallest absolute Gasteiger partial charge is 0.225 e. The third-order valence-corrected chi connectivity index (χ3v) is 18.6. The Labute approximate surface area is 253 Å². The van der Waals surface area contributed by atoms with Gasteiger partial charge in [0.1, 0.15) is 22.9 Å². The molecule has 0 spiro atoms. The molecule has 0 saturated carbocycles. The second-order valence-corrected chi connectivity index (χ2v) is 25.2. The van der Waals surface area contributed by atoms with Crippen LogP contribution in [-0.2, 0) is 13.6 Å². The molecule has 0 aromatic carbocycles. The molecule has 2 aromatic heterocycles. The molecule has 1 aliphatic heterocycles. The van der Waals surface area contributed by atoms with Gasteiger partial charge in [-0.3, -0.25) is 4.57 Å². The van der Waals surface area contributed by atoms with E-state index < -0.39 is 16.6 Å². The molecule has 9 nitrogen and oxygen atoms in total. The average Bonchev–Trinajstić information content (AvgIpc) is 3.43. The van der Waals surface area contributed by atoms with Gasteiger partial charge in [-0.2, -0.15) is 10.2 Å². The maximum absolute atomic E-state index is 9.06. The first-order valence-electron chi connectivity index (χ1n) is 14.8. The number of anilines is 1. The Bertz CT molecular complexity index is 1220. The van der Waals surface area contributed by atoms with E-state index in [0.29, 0.717) is 37.1 Å². The van der Waals surface area contributed by atoms with Crippen LogP contribution in [0.1, 0.15) is 74.5 Å². The van der Waals surface area contributed by atoms with E-state index >= 15 is 0 Å². The summed E-state index contributed by atoms with van der Waals surface area (Å²) in [6, 6.07) is 2.22. The molecule has 1 fully saturated rings. The number of rotatable bonds is 12. The lowest BCUT2D eigenvalue weighted by atomic mass is 10.2. The fourth-order valence-electron chi connectivity index (χ4n) is 3.98. The van der Waals surface area contributed by atoms with Gasteiger partial charge in [-0.15, -0.1) is 11.8 Å². The lowest BCUT2D eigenvalue weighted by Gasteiger charge is -2.40. The Morgan fingerprint density at radius 3 is 2.37 bits per heavy atom. The van der Waals surface area contributed by atoms with Crippen LogP contribution in [0.4, 0.5) is 5.95 Å². The highest BCUT2D eigenvalue weighted by atomic mass is 32.2. The van der Waals surface area contributed by atoms with Gasteiger partial charge in [0.2, 0.25) is 5.95 Å². The molecular weight excluding hydrogens is 569 g/mol. The van der Waals surface area contributed by atoms with Gasteiger partial charge in [-0.1, -0.05) is 55.4 Å². The SMILES string of the molecule is CC(C)CNc1nc(SCCC#N)c2ncn([C@H]3C[C@H](O[Si](C)(C)C(C)(C)C)[C@@H](CO[Si](C)(C)C(C)(C)C)O3)c2n1. The molecule has 3 rings (SSSR count). The van der Waals surface area contributed by atoms with Crippen molar-refractivity contribution < 1.29 is 13.6 Å². The van der Waals surface area contributed by atoms with Crippen molar-refractivity contribution in [1.29, 1.82) is 5.26 Å². The number of nitrogens with one attached hydrogen (secondary N) is 1. The molecule has 1 N–H and O–H groups in total. The standard InChI is InChI=1S/C29H52N6O3SSi2/c1-20(2)17-31-27-33-25-24(26(34-27)39-15-13-14-30)32-19-35(25)23-16-21(38-41(11,12)29(6,7)8)22(37-23)18-36-40(9,10)28(3,4)5/h19-23H,13,15-18H2,1-12H3,(H,31,33,34)/t21-,22+,23+/m0/s1. The molecule has 0 amide bonds. The van der Waals surface area contributed by atoms with Crippen LogP contribution in [0, 0.1) is 17.2 Å². The summed E-state index contributed by atoms with van der Waals surface area (Å²) in [6.07, 6.45) is 2.38. The number of hydrogen-bond acceptors (Lipinski definition) is 9. The molecule has 41 heavy (non-hydrogen) atoms. The summed E-state index contributed by atoms with van der Waals surface area (Å²) < 4.78 is 22.4. The van der Waals surface area contributed by atoms with Crippen molar-refractivity contribution in [1.82, 2.24) is 19.5 Å². The van der Waals surface area contributed by atoms with E-state index in [4.69, 9.17) is 33.8 Å². The number of nitriles is 1. The highest BCUT2D eigenvalue weighted by Gasteiger charge is 2.47. The molecule has 3 atom stereocenters. The van der Waals surface area contributed by atoms with Crippen molar-refractivity contribution in [2.75, 3.05) is 24.2 Å². The predicted octanol–water partition coefficient (Wildman–Crippen LogP) is 7.60. The zero-order valence-corrected chi connectivity index (χ0v) is 30.1. The second kappa shape index (κ2) is 13.0. The number of aromatic nitrogens is 4. The molecule has 0 bridgehead atoms. The van der Waals surface area contributed by atoms with E-state index in [0.717, 1.165) is 22.7 Å². The monoisotopic (exact) mass is 620 g/mol. The second-order valence-electron chi connectivity index (χ2n) is 14.6. The molecule has 230 valence electrons. The van der Waals surface area contributed by atoms with Crippen molar-refractivity contribution in [3.8, 4) is 6.07 Å². The van der Waals surface area contributed by atoms with E-state index in [2.05, 4.69) is 93.0 Å². The van der Waals surface area contributed by atoms with Crippen LogP contribution in [0.3, 0.4) is 0 Å². The first-order chi connectivity index (χ1) is 18.9. The summed E-state index contributed by atoms with van der Waals surface area (Å²) in [7, 11) is -4.04. The van der Waals surface area contributed by atoms with Crippen LogP contribution in [0.2, 0.25) is 36.3 Å². The van der Waals surface area contributed by atoms with Crippen molar-refractivity contribution >= 4 is 45.5 Å². The van der Waals surface area contributed by atoms with Gasteiger partial charge >= 0.3 is 0 Å². The zero-order valence-electron chi connectivity index (χ0n) is 27.3. The first kappa shape index (κ1) is 34.0. The molecule has 0 unspecified atom stereocenters. The minimum Gasteiger partial charge on any atom is -0.414 e. The highest BCUT2D eigenvalue weighted by Crippen LogP contribution is 2.43. The Morgan fingerprint density at radius 1 is 1.12 bits per heavy atom. The zero-order chi connectivity index (χ0) is 30.8. The van der Waals surface area contributed by atoms with Gasteiger partial charge in [0, 0.05) is 25.1 Å². The van der Waals surface area contributed by atoms with E-state index in [1.54, 1.807) is 0 Å². The Kier molecular flexibility index (Phi) is 10.8. The molecule has 12 heteroatoms. The van der Waals surface area contributed by atoms with Crippen molar-refractivity contribution in [2.24, 2.45) is 5.92 Å². The quantitative estimate of drug-likeness (QED) is 0.111. The van der Waals surface area contributed by atoms with Crippen LogP contribution >= 0.6 is 11.8 Å². The molecule has 0 radical (unpaired) electrons. The number of hydrogen-bond donors (Lipinski definition) is 1. The lowest BCUT2D eigenvalue weighted by Crippen LogP contribution is -2.48. The minimum absolute atomic E-state index is 0.0807. The summed E-state index contributed by atoms with van der Waals surface area (Å²) in [5.74, 6) is 1.66. The van der Waals surface area contributed by atoms with Crippen LogP contribution in [0.15, 0.2) is 11.4 Å². The predicted molar refractivity (Wildman–Crippen MR) is 173 cm³/mol. The fraction of sp³-hybridized carbons (Fsp3) is 0.793. The van der Waals surface area contributed by atoms with Crippen molar-refractivity contribution in [3.05, 3.63) is 6.33 Å². The molecule has 3 heterocycles. The molecule has 2 aromatic rings. The number of nitrogens with zero attached hydrogens (tertiary/aromatic N) is 5. The summed E-state index contributed by atoms with van der Waals surface area (Å²) in [6.45, 7) is 28.3. The van der Waals surface area contributed by atoms with Gasteiger partial charge < -0.3 is 18.9 Å². The van der Waals surface area contributed by atoms with E-state index in [1.807, 2.05) is 10.9 Å². The average molecular weight is 621 g/mol. The van der Waals surface area contributed by atoms with Gasteiger partial charge in [-0.05, 0) is 42.2 Å². The van der Waals surface area contributed by atoms with E-state index in [-0.39, 0.29) is 28.5 Å². The number of ether oxygens (including phenoxy) is 1. The number of fused-ring (bicyclic) bond motifs is 1. The molecular formula is C29H52N6O3SSi2. The van der Waals surface area contributed by atoms with Gasteiger partial charge in [0.05, 0.1) is 25.1 Å². The summed E-state index contributed by atoms with van der Waals surface area (Å²) in [4.78, 5) is 14.4. The Balaban J connectivity index is 1.97. The van der Waals surface area contributed by atoms with Crippen molar-refractivity contribution in [2.45, 2.75) is 128 Å². The normalized spacial score (nSPS) is 20.6. The van der Waals surface area contributed by atoms with Crippen molar-refractivity contribution in [3.63, 3.8) is 0 Å². The Morgan fingerprint density at radius 2 is 1.78 bits per heavy atom. The summed E-state index contributed by atoms with van der Waals surface area (Å²) in [5.41, 5.74) is 1.46. The molecule has 1 saturated heterocycles. The Hall–Kier alpha value is -1.50. The maximum Gasteiger partial charge on any atom is 0.225 e. The van der Waals surface area contributed by atoms with E-state index in [9.17, 15) is 0 Å². The number of thioether (sulfide) groups is 1. The van der Waals surface area contributed by atoms with Gasteiger partial charge in [0.25, 0.3) is 0 Å². The third kappa shape index (κ3) is 8.33. The number of imidazole rings is 1. The van der Waals surface area contributed by atoms with E-state index in [1.165, 1.54) is 11.8 Å². The van der Waals surface area contributed by atoms with Gasteiger partial charge in [0.15, 0.2) is 22.3 Å². The molecule has 1 aliphatic rings. The topological polar surface area (TPSA) is 107 Å². The largest absolute Gasteiger partial charge is 0.414 e. The first-order valence-corrected chi connectivity index (χ1v) is 21.6. The van der Waals surface area contributed by atoms with Crippen LogP contribution in [0.5, 0.6) is 0 Å². The van der Waals surface area contributed by atoms with Crippen LogP contribution in [-0.4, -0.2) is 67.3 Å². The van der Waals surface area contributed by atoms with Crippen LogP contribution < -0.4 is 5.32 Å². The molecule has 0 aliphatic carbocycles. The lowest BCUT2D eigenvalue weighted by molar-refractivity contribution is -0.0383. The highest BCUT2D eigenvalue weighted by molar-refractivity contribution is 7.99. The fourth-order valence-corrected chi connectivity index (χ4v) is 7.17. The third-order valence-electron chi connectivity index (χ3n) is 8.67. The summed E-state index contributed by atoms with van der Waals surface area (Å²) >= 11 is 1.54. The van der Waals surface area contributed by atoms with Gasteiger partial charge in [-0.25, -0.2) is 9.97 Å². The maximum atomic E-state index is 9.06. The minimum atomic E-state index is -2.06. The van der Waals surface area contributed by atoms with Crippen LogP contribution in [0.25, 0.3) is 11.2 Å². The summed E-state index contributed by atoms with van der Waals surface area (Å²) in [5, 5.41) is 13.4.